The zero-order valence-corrected chi connectivity index (χ0v) is 12.9. The van der Waals surface area contributed by atoms with Crippen molar-refractivity contribution < 1.29 is 24.2 Å². The van der Waals surface area contributed by atoms with Crippen LogP contribution in [0.25, 0.3) is 0 Å². The van der Waals surface area contributed by atoms with Crippen molar-refractivity contribution >= 4 is 29.7 Å². The minimum Gasteiger partial charge on any atom is -0.481 e. The third kappa shape index (κ3) is 4.63. The Kier molecular flexibility index (Phi) is 5.61. The number of carbonyl (C=O) groups is 3. The van der Waals surface area contributed by atoms with Gasteiger partial charge in [-0.05, 0) is 19.1 Å². The molecule has 126 valence electrons. The van der Waals surface area contributed by atoms with Gasteiger partial charge in [-0.15, -0.1) is 0 Å². The molecule has 1 atom stereocenters. The molecule has 0 aromatic heterocycles. The summed E-state index contributed by atoms with van der Waals surface area (Å²) in [7, 11) is 0. The number of amides is 2. The average Bonchev–Trinajstić information content (AvgIpc) is 2.86. The summed E-state index contributed by atoms with van der Waals surface area (Å²) in [6.07, 6.45) is 1.28. The van der Waals surface area contributed by atoms with Crippen molar-refractivity contribution in [3.8, 4) is 5.75 Å². The summed E-state index contributed by atoms with van der Waals surface area (Å²) >= 11 is 0. The normalized spacial score (nSPS) is 16.6. The Morgan fingerprint density at radius 1 is 1.46 bits per heavy atom. The van der Waals surface area contributed by atoms with Gasteiger partial charge in [-0.1, -0.05) is 12.1 Å². The van der Waals surface area contributed by atoms with Gasteiger partial charge in [0, 0.05) is 17.7 Å². The zero-order chi connectivity index (χ0) is 17.5. The van der Waals surface area contributed by atoms with Gasteiger partial charge in [-0.3, -0.25) is 9.59 Å². The number of rotatable bonds is 7. The molecule has 2 amide bonds. The Morgan fingerprint density at radius 2 is 2.21 bits per heavy atom. The summed E-state index contributed by atoms with van der Waals surface area (Å²) < 4.78 is 5.12. The molecule has 0 saturated heterocycles. The van der Waals surface area contributed by atoms with Crippen LogP contribution < -0.4 is 15.6 Å². The molecule has 0 radical (unpaired) electrons. The molecule has 9 heteroatoms. The molecule has 9 nitrogen and oxygen atoms in total. The number of nitrogens with zero attached hydrogens (tertiary/aromatic N) is 2. The fraction of sp³-hybridized carbons (Fsp3) is 0.267. The minimum absolute atomic E-state index is 0.0599. The van der Waals surface area contributed by atoms with Gasteiger partial charge < -0.3 is 9.84 Å². The minimum atomic E-state index is -1.10. The number of hydrazone groups is 2. The second-order valence-corrected chi connectivity index (χ2v) is 5.00. The van der Waals surface area contributed by atoms with Crippen molar-refractivity contribution in [1.29, 1.82) is 0 Å². The van der Waals surface area contributed by atoms with Gasteiger partial charge in [0.1, 0.15) is 5.75 Å². The Balaban J connectivity index is 1.92. The molecule has 3 N–H and O–H groups in total. The first-order valence-corrected chi connectivity index (χ1v) is 7.07. The molecule has 24 heavy (non-hydrogen) atoms. The number of nitrogens with one attached hydrogen (secondary N) is 2. The van der Waals surface area contributed by atoms with Crippen LogP contribution in [-0.2, 0) is 14.4 Å². The number of benzene rings is 1. The standard InChI is InChI=1S/C15H16N4O5/c1-9-11(15(23)19-17-9)6-13(20)18-16-7-10-4-2-3-5-12(10)24-8-14(21)22/h2-5,7,11H,6,8H2,1H3,(H,18,20)(H,19,23)(H,21,22)/b16-7-/t11-/m0/s1. The third-order valence-electron chi connectivity index (χ3n) is 3.22. The predicted octanol–water partition coefficient (Wildman–Crippen LogP) is 0.112. The zero-order valence-electron chi connectivity index (χ0n) is 12.9. The van der Waals surface area contributed by atoms with Crippen LogP contribution in [0.2, 0.25) is 0 Å². The first-order valence-electron chi connectivity index (χ1n) is 7.07. The number of para-hydroxylation sites is 1. The fourth-order valence-electron chi connectivity index (χ4n) is 1.99. The Hall–Kier alpha value is -3.23. The molecule has 0 aliphatic carbocycles. The first-order chi connectivity index (χ1) is 11.5. The van der Waals surface area contributed by atoms with E-state index < -0.39 is 24.4 Å². The van der Waals surface area contributed by atoms with Gasteiger partial charge in [-0.2, -0.15) is 10.2 Å². The van der Waals surface area contributed by atoms with Gasteiger partial charge in [0.2, 0.25) is 11.8 Å². The van der Waals surface area contributed by atoms with E-state index in [9.17, 15) is 14.4 Å². The Morgan fingerprint density at radius 3 is 2.88 bits per heavy atom. The van der Waals surface area contributed by atoms with Crippen LogP contribution >= 0.6 is 0 Å². The Labute approximate surface area is 137 Å². The molecule has 0 unspecified atom stereocenters. The summed E-state index contributed by atoms with van der Waals surface area (Å²) in [5.74, 6) is -2.12. The highest BCUT2D eigenvalue weighted by Crippen LogP contribution is 2.15. The summed E-state index contributed by atoms with van der Waals surface area (Å²) in [6.45, 7) is 1.18. The summed E-state index contributed by atoms with van der Waals surface area (Å²) in [5, 5.41) is 16.2. The van der Waals surface area contributed by atoms with Crippen LogP contribution in [0.5, 0.6) is 5.75 Å². The maximum atomic E-state index is 11.8. The maximum absolute atomic E-state index is 11.8. The van der Waals surface area contributed by atoms with E-state index in [4.69, 9.17) is 9.84 Å². The largest absolute Gasteiger partial charge is 0.481 e. The quantitative estimate of drug-likeness (QED) is 0.482. The molecule has 2 rings (SSSR count). The smallest absolute Gasteiger partial charge is 0.341 e. The van der Waals surface area contributed by atoms with E-state index in [0.717, 1.165) is 0 Å². The molecular formula is C15H16N4O5. The van der Waals surface area contributed by atoms with E-state index in [1.54, 1.807) is 31.2 Å². The monoisotopic (exact) mass is 332 g/mol. The van der Waals surface area contributed by atoms with E-state index in [2.05, 4.69) is 21.1 Å². The molecule has 1 aliphatic rings. The van der Waals surface area contributed by atoms with E-state index >= 15 is 0 Å². The van der Waals surface area contributed by atoms with Crippen LogP contribution in [-0.4, -0.2) is 41.4 Å². The fourth-order valence-corrected chi connectivity index (χ4v) is 1.99. The highest BCUT2D eigenvalue weighted by molar-refractivity contribution is 6.09. The lowest BCUT2D eigenvalue weighted by Gasteiger charge is -2.07. The molecule has 0 fully saturated rings. The molecule has 1 aromatic carbocycles. The van der Waals surface area contributed by atoms with E-state index in [-0.39, 0.29) is 12.3 Å². The van der Waals surface area contributed by atoms with Crippen LogP contribution in [0.1, 0.15) is 18.9 Å². The number of ether oxygens (including phenoxy) is 1. The van der Waals surface area contributed by atoms with Crippen molar-refractivity contribution in [2.45, 2.75) is 13.3 Å². The van der Waals surface area contributed by atoms with E-state index in [1.165, 1.54) is 6.21 Å². The second-order valence-electron chi connectivity index (χ2n) is 5.00. The number of carbonyl (C=O) groups excluding carboxylic acids is 2. The van der Waals surface area contributed by atoms with Crippen molar-refractivity contribution in [2.24, 2.45) is 16.1 Å². The predicted molar refractivity (Wildman–Crippen MR) is 84.7 cm³/mol. The molecule has 1 aliphatic heterocycles. The lowest BCUT2D eigenvalue weighted by Crippen LogP contribution is -2.29. The average molecular weight is 332 g/mol. The molecular weight excluding hydrogens is 316 g/mol. The number of hydrogen-bond donors (Lipinski definition) is 3. The topological polar surface area (TPSA) is 129 Å². The van der Waals surface area contributed by atoms with Gasteiger partial charge in [0.15, 0.2) is 6.61 Å². The first kappa shape index (κ1) is 17.1. The molecule has 1 heterocycles. The number of carboxylic acid groups (broad SMARTS) is 1. The SMILES string of the molecule is CC1=NNC(=O)[C@H]1CC(=O)N/N=C\c1ccccc1OCC(=O)O. The summed E-state index contributed by atoms with van der Waals surface area (Å²) in [5.41, 5.74) is 5.68. The number of carboxylic acids is 1. The second kappa shape index (κ2) is 7.86. The van der Waals surface area contributed by atoms with Crippen LogP contribution in [0.15, 0.2) is 34.5 Å². The van der Waals surface area contributed by atoms with E-state index in [0.29, 0.717) is 17.0 Å². The van der Waals surface area contributed by atoms with Crippen LogP contribution in [0, 0.1) is 5.92 Å². The number of aliphatic carboxylic acids is 1. The van der Waals surface area contributed by atoms with Crippen molar-refractivity contribution in [1.82, 2.24) is 10.9 Å². The van der Waals surface area contributed by atoms with Crippen molar-refractivity contribution in [3.05, 3.63) is 29.8 Å². The Bertz CT molecular complexity index is 714. The van der Waals surface area contributed by atoms with Gasteiger partial charge in [-0.25, -0.2) is 15.6 Å². The van der Waals surface area contributed by atoms with Gasteiger partial charge in [0.05, 0.1) is 12.1 Å². The molecule has 1 aromatic rings. The van der Waals surface area contributed by atoms with Crippen LogP contribution in [0.4, 0.5) is 0 Å². The number of hydrogen-bond acceptors (Lipinski definition) is 6. The maximum Gasteiger partial charge on any atom is 0.341 e. The third-order valence-corrected chi connectivity index (χ3v) is 3.22. The van der Waals surface area contributed by atoms with Gasteiger partial charge in [0.25, 0.3) is 0 Å². The van der Waals surface area contributed by atoms with Crippen molar-refractivity contribution in [2.75, 3.05) is 6.61 Å². The van der Waals surface area contributed by atoms with Crippen LogP contribution in [0.3, 0.4) is 0 Å². The molecule has 0 bridgehead atoms. The summed E-state index contributed by atoms with van der Waals surface area (Å²) in [6, 6.07) is 6.66. The summed E-state index contributed by atoms with van der Waals surface area (Å²) in [4.78, 5) is 33.8. The lowest BCUT2D eigenvalue weighted by atomic mass is 10.0. The molecule has 0 spiro atoms. The highest BCUT2D eigenvalue weighted by atomic mass is 16.5. The van der Waals surface area contributed by atoms with E-state index in [1.807, 2.05) is 0 Å². The van der Waals surface area contributed by atoms with Crippen molar-refractivity contribution in [3.63, 3.8) is 0 Å². The highest BCUT2D eigenvalue weighted by Gasteiger charge is 2.28. The molecule has 0 saturated carbocycles. The lowest BCUT2D eigenvalue weighted by molar-refractivity contribution is -0.139. The van der Waals surface area contributed by atoms with Gasteiger partial charge >= 0.3 is 5.97 Å².